The number of ether oxygens (including phenoxy) is 2. The van der Waals surface area contributed by atoms with Crippen LogP contribution in [0.3, 0.4) is 0 Å². The lowest BCUT2D eigenvalue weighted by molar-refractivity contribution is -0.135. The van der Waals surface area contributed by atoms with Crippen LogP contribution in [0, 0.1) is 12.7 Å². The Labute approximate surface area is 92.0 Å². The molecule has 4 nitrogen and oxygen atoms in total. The van der Waals surface area contributed by atoms with Crippen molar-refractivity contribution >= 4 is 11.8 Å². The third kappa shape index (κ3) is 2.03. The fraction of sp³-hybridized carbons (Fsp3) is 0.273. The van der Waals surface area contributed by atoms with Crippen LogP contribution in [0.5, 0.6) is 5.75 Å². The van der Waals surface area contributed by atoms with Crippen molar-refractivity contribution in [1.29, 1.82) is 0 Å². The first-order chi connectivity index (χ1) is 7.52. The van der Waals surface area contributed by atoms with Crippen LogP contribution in [0.4, 0.5) is 4.39 Å². The summed E-state index contributed by atoms with van der Waals surface area (Å²) in [6, 6.07) is 2.89. The van der Waals surface area contributed by atoms with Crippen LogP contribution in [0.25, 0.3) is 0 Å². The summed E-state index contributed by atoms with van der Waals surface area (Å²) in [5.41, 5.74) is -0.137. The maximum Gasteiger partial charge on any atom is 0.379 e. The van der Waals surface area contributed by atoms with Gasteiger partial charge in [-0.25, -0.2) is 9.18 Å². The Morgan fingerprint density at radius 3 is 2.38 bits per heavy atom. The van der Waals surface area contributed by atoms with Gasteiger partial charge < -0.3 is 9.47 Å². The second kappa shape index (κ2) is 4.74. The number of rotatable bonds is 3. The van der Waals surface area contributed by atoms with Crippen LogP contribution in [-0.2, 0) is 9.53 Å². The third-order valence-electron chi connectivity index (χ3n) is 2.11. The predicted molar refractivity (Wildman–Crippen MR) is 54.0 cm³/mol. The summed E-state index contributed by atoms with van der Waals surface area (Å²) >= 11 is 0. The average Bonchev–Trinajstić information content (AvgIpc) is 2.30. The van der Waals surface area contributed by atoms with Crippen molar-refractivity contribution in [2.24, 2.45) is 0 Å². The number of Topliss-reactive ketones (excluding diaryl/α,β-unsaturated/α-hetero) is 1. The average molecular weight is 226 g/mol. The number of hydrogen-bond donors (Lipinski definition) is 0. The van der Waals surface area contributed by atoms with Crippen LogP contribution in [-0.4, -0.2) is 26.0 Å². The van der Waals surface area contributed by atoms with Crippen LogP contribution in [0.2, 0.25) is 0 Å². The molecule has 86 valence electrons. The van der Waals surface area contributed by atoms with E-state index in [1.165, 1.54) is 26.2 Å². The van der Waals surface area contributed by atoms with Gasteiger partial charge in [-0.3, -0.25) is 4.79 Å². The number of carbonyl (C=O) groups is 2. The van der Waals surface area contributed by atoms with Gasteiger partial charge in [0.25, 0.3) is 5.78 Å². The molecule has 0 N–H and O–H groups in total. The summed E-state index contributed by atoms with van der Waals surface area (Å²) in [5.74, 6) is -2.93. The molecule has 1 aromatic rings. The van der Waals surface area contributed by atoms with Crippen molar-refractivity contribution in [2.75, 3.05) is 14.2 Å². The normalized spacial score (nSPS) is 9.75. The molecule has 0 aliphatic rings. The summed E-state index contributed by atoms with van der Waals surface area (Å²) in [4.78, 5) is 22.6. The van der Waals surface area contributed by atoms with Crippen LogP contribution in [0.15, 0.2) is 12.1 Å². The van der Waals surface area contributed by atoms with Crippen molar-refractivity contribution in [3.63, 3.8) is 0 Å². The highest BCUT2D eigenvalue weighted by molar-refractivity contribution is 6.41. The minimum atomic E-state index is -1.12. The third-order valence-corrected chi connectivity index (χ3v) is 2.11. The molecule has 0 saturated heterocycles. The molecule has 0 unspecified atom stereocenters. The molecule has 0 spiro atoms. The van der Waals surface area contributed by atoms with Crippen LogP contribution in [0.1, 0.15) is 15.9 Å². The zero-order valence-corrected chi connectivity index (χ0v) is 9.17. The second-order valence-corrected chi connectivity index (χ2v) is 3.09. The zero-order valence-electron chi connectivity index (χ0n) is 9.17. The van der Waals surface area contributed by atoms with Gasteiger partial charge in [0.1, 0.15) is 17.1 Å². The summed E-state index contributed by atoms with van der Waals surface area (Å²) in [7, 11) is 2.35. The predicted octanol–water partition coefficient (Wildman–Crippen LogP) is 1.50. The van der Waals surface area contributed by atoms with Crippen LogP contribution < -0.4 is 4.74 Å². The molecule has 0 fully saturated rings. The number of hydrogen-bond acceptors (Lipinski definition) is 4. The maximum absolute atomic E-state index is 13.7. The molecule has 0 aliphatic heterocycles. The van der Waals surface area contributed by atoms with Gasteiger partial charge in [-0.05, 0) is 18.6 Å². The highest BCUT2D eigenvalue weighted by Gasteiger charge is 2.25. The molecule has 0 aromatic heterocycles. The molecule has 0 bridgehead atoms. The Kier molecular flexibility index (Phi) is 3.60. The standard InChI is InChI=1S/C11H11FO4/c1-6-4-5-7(15-2)8(9(6)12)10(13)11(14)16-3/h4-5H,1-3H3. The summed E-state index contributed by atoms with van der Waals surface area (Å²) in [6.45, 7) is 1.49. The van der Waals surface area contributed by atoms with Gasteiger partial charge in [-0.2, -0.15) is 0 Å². The molecular formula is C11H11FO4. The summed E-state index contributed by atoms with van der Waals surface area (Å²) < 4.78 is 22.8. The number of carbonyl (C=O) groups excluding carboxylic acids is 2. The Bertz CT molecular complexity index is 440. The van der Waals surface area contributed by atoms with Crippen molar-refractivity contribution in [2.45, 2.75) is 6.92 Å². The monoisotopic (exact) mass is 226 g/mol. The first-order valence-corrected chi connectivity index (χ1v) is 4.48. The van der Waals surface area contributed by atoms with E-state index >= 15 is 0 Å². The first-order valence-electron chi connectivity index (χ1n) is 4.48. The van der Waals surface area contributed by atoms with Crippen molar-refractivity contribution < 1.29 is 23.5 Å². The molecule has 0 heterocycles. The van der Waals surface area contributed by atoms with E-state index in [9.17, 15) is 14.0 Å². The first kappa shape index (κ1) is 12.2. The van der Waals surface area contributed by atoms with Gasteiger partial charge in [0.15, 0.2) is 0 Å². The molecule has 0 atom stereocenters. The lowest BCUT2D eigenvalue weighted by atomic mass is 10.1. The Hall–Kier alpha value is -1.91. The number of ketones is 1. The van der Waals surface area contributed by atoms with Crippen LogP contribution >= 0.6 is 0 Å². The zero-order chi connectivity index (χ0) is 12.3. The topological polar surface area (TPSA) is 52.6 Å². The van der Waals surface area contributed by atoms with Crippen molar-refractivity contribution in [3.8, 4) is 5.75 Å². The highest BCUT2D eigenvalue weighted by Crippen LogP contribution is 2.24. The number of halogens is 1. The molecular weight excluding hydrogens is 215 g/mol. The fourth-order valence-electron chi connectivity index (χ4n) is 1.24. The van der Waals surface area contributed by atoms with Gasteiger partial charge in [0.2, 0.25) is 0 Å². The summed E-state index contributed by atoms with van der Waals surface area (Å²) in [5, 5.41) is 0. The minimum absolute atomic E-state index is 0.0125. The van der Waals surface area contributed by atoms with Gasteiger partial charge >= 0.3 is 5.97 Å². The highest BCUT2D eigenvalue weighted by atomic mass is 19.1. The molecule has 1 rings (SSSR count). The number of aryl methyl sites for hydroxylation is 1. The lowest BCUT2D eigenvalue weighted by Crippen LogP contribution is -2.18. The Morgan fingerprint density at radius 1 is 1.25 bits per heavy atom. The maximum atomic E-state index is 13.7. The van der Waals surface area contributed by atoms with Gasteiger partial charge in [0, 0.05) is 0 Å². The number of benzene rings is 1. The van der Waals surface area contributed by atoms with Crippen molar-refractivity contribution in [1.82, 2.24) is 0 Å². The van der Waals surface area contributed by atoms with E-state index in [0.29, 0.717) is 0 Å². The fourth-order valence-corrected chi connectivity index (χ4v) is 1.24. The molecule has 0 aliphatic carbocycles. The van der Waals surface area contributed by atoms with E-state index in [1.54, 1.807) is 0 Å². The molecule has 0 saturated carbocycles. The smallest absolute Gasteiger partial charge is 0.379 e. The number of esters is 1. The van der Waals surface area contributed by atoms with E-state index in [1.807, 2.05) is 0 Å². The van der Waals surface area contributed by atoms with Gasteiger partial charge in [0.05, 0.1) is 14.2 Å². The van der Waals surface area contributed by atoms with E-state index in [0.717, 1.165) is 7.11 Å². The molecule has 1 aromatic carbocycles. The van der Waals surface area contributed by atoms with Gasteiger partial charge in [-0.15, -0.1) is 0 Å². The molecule has 5 heteroatoms. The Balaban J connectivity index is 3.35. The Morgan fingerprint density at radius 2 is 1.88 bits per heavy atom. The van der Waals surface area contributed by atoms with Crippen molar-refractivity contribution in [3.05, 3.63) is 29.1 Å². The quantitative estimate of drug-likeness (QED) is 0.445. The van der Waals surface area contributed by atoms with Gasteiger partial charge in [-0.1, -0.05) is 6.07 Å². The number of methoxy groups -OCH3 is 2. The van der Waals surface area contributed by atoms with E-state index in [2.05, 4.69) is 4.74 Å². The molecule has 16 heavy (non-hydrogen) atoms. The van der Waals surface area contributed by atoms with E-state index < -0.39 is 23.1 Å². The molecule has 0 radical (unpaired) electrons. The van der Waals surface area contributed by atoms with E-state index in [-0.39, 0.29) is 11.3 Å². The minimum Gasteiger partial charge on any atom is -0.496 e. The lowest BCUT2D eigenvalue weighted by Gasteiger charge is -2.09. The SMILES string of the molecule is COC(=O)C(=O)c1c(OC)ccc(C)c1F. The largest absolute Gasteiger partial charge is 0.496 e. The molecule has 0 amide bonds. The second-order valence-electron chi connectivity index (χ2n) is 3.09. The summed E-state index contributed by atoms with van der Waals surface area (Å²) in [6.07, 6.45) is 0. The van der Waals surface area contributed by atoms with E-state index in [4.69, 9.17) is 4.74 Å².